The number of carbonyl (C=O) groups excluding carboxylic acids is 1. The molecule has 1 aliphatic heterocycles. The van der Waals surface area contributed by atoms with E-state index in [1.54, 1.807) is 6.92 Å². The van der Waals surface area contributed by atoms with Crippen molar-refractivity contribution in [1.82, 2.24) is 0 Å². The van der Waals surface area contributed by atoms with Crippen molar-refractivity contribution >= 4 is 56.6 Å². The van der Waals surface area contributed by atoms with Crippen molar-refractivity contribution in [1.29, 1.82) is 0 Å². The van der Waals surface area contributed by atoms with Crippen molar-refractivity contribution in [2.75, 3.05) is 6.26 Å². The second-order valence-electron chi connectivity index (χ2n) is 6.61. The van der Waals surface area contributed by atoms with E-state index in [4.69, 9.17) is 0 Å². The average Bonchev–Trinajstić information content (AvgIpc) is 2.77. The van der Waals surface area contributed by atoms with Crippen molar-refractivity contribution < 1.29 is 4.79 Å². The number of nitrogens with zero attached hydrogens (tertiary/aromatic N) is 2. The molecule has 0 spiro atoms. The lowest BCUT2D eigenvalue weighted by atomic mass is 10.3. The number of carbonyl (C=O) groups is 1. The highest BCUT2D eigenvalue weighted by Crippen LogP contribution is 2.47. The minimum atomic E-state index is -2.48. The lowest BCUT2D eigenvalue weighted by Gasteiger charge is -2.32. The van der Waals surface area contributed by atoms with E-state index in [9.17, 15) is 4.79 Å². The molecular weight excluding hydrogens is 395 g/mol. The van der Waals surface area contributed by atoms with Crippen LogP contribution in [0.1, 0.15) is 6.92 Å². The largest absolute Gasteiger partial charge is 0.282 e. The predicted molar refractivity (Wildman–Crippen MR) is 129 cm³/mol. The SMILES string of the molecule is CSC1=NC(C)=NC(=O)C1=P(c1ccccc1)(c1ccccc1)c1ccccc1. The van der Waals surface area contributed by atoms with Gasteiger partial charge < -0.3 is 0 Å². The first kappa shape index (κ1) is 19.6. The van der Waals surface area contributed by atoms with Crippen LogP contribution < -0.4 is 15.9 Å². The molecule has 0 saturated carbocycles. The van der Waals surface area contributed by atoms with Gasteiger partial charge in [0.15, 0.2) is 0 Å². The third-order valence-electron chi connectivity index (χ3n) is 4.89. The van der Waals surface area contributed by atoms with Crippen LogP contribution in [0.15, 0.2) is 101 Å². The van der Waals surface area contributed by atoms with Crippen LogP contribution >= 0.6 is 18.6 Å². The first-order valence-corrected chi connectivity index (χ1v) is 12.4. The van der Waals surface area contributed by atoms with E-state index in [-0.39, 0.29) is 5.91 Å². The number of aliphatic imine (C=N–C) groups is 2. The summed E-state index contributed by atoms with van der Waals surface area (Å²) in [5.41, 5.74) is 0. The molecule has 1 amide bonds. The molecule has 5 heteroatoms. The third kappa shape index (κ3) is 3.43. The second-order valence-corrected chi connectivity index (χ2v) is 10.7. The van der Waals surface area contributed by atoms with Crippen LogP contribution in [0.25, 0.3) is 0 Å². The number of hydrogen-bond donors (Lipinski definition) is 0. The Morgan fingerprint density at radius 1 is 0.690 bits per heavy atom. The van der Waals surface area contributed by atoms with Gasteiger partial charge in [-0.2, -0.15) is 4.99 Å². The normalized spacial score (nSPS) is 14.4. The van der Waals surface area contributed by atoms with Gasteiger partial charge in [-0.15, -0.1) is 11.8 Å². The monoisotopic (exact) mass is 416 g/mol. The minimum absolute atomic E-state index is 0.188. The molecule has 0 unspecified atom stereocenters. The third-order valence-corrected chi connectivity index (χ3v) is 10.0. The highest BCUT2D eigenvalue weighted by molar-refractivity contribution is 8.18. The highest BCUT2D eigenvalue weighted by atomic mass is 32.2. The van der Waals surface area contributed by atoms with E-state index in [0.29, 0.717) is 11.1 Å². The van der Waals surface area contributed by atoms with Gasteiger partial charge in [-0.1, -0.05) is 91.0 Å². The smallest absolute Gasteiger partial charge is 0.267 e. The van der Waals surface area contributed by atoms with Gasteiger partial charge in [0.05, 0.1) is 5.29 Å². The van der Waals surface area contributed by atoms with Crippen molar-refractivity contribution in [2.24, 2.45) is 9.98 Å². The van der Waals surface area contributed by atoms with E-state index >= 15 is 0 Å². The maximum atomic E-state index is 13.4. The zero-order valence-corrected chi connectivity index (χ0v) is 18.0. The van der Waals surface area contributed by atoms with Crippen molar-refractivity contribution in [3.8, 4) is 0 Å². The molecule has 3 aromatic rings. The van der Waals surface area contributed by atoms with Crippen LogP contribution in [-0.2, 0) is 4.79 Å². The molecule has 0 fully saturated rings. The number of hydrogen-bond acceptors (Lipinski definition) is 3. The Kier molecular flexibility index (Phi) is 5.66. The molecule has 29 heavy (non-hydrogen) atoms. The molecule has 0 aromatic heterocycles. The van der Waals surface area contributed by atoms with E-state index in [1.807, 2.05) is 60.9 Å². The molecule has 0 bridgehead atoms. The second kappa shape index (κ2) is 8.36. The fourth-order valence-corrected chi connectivity index (χ4v) is 9.12. The quantitative estimate of drug-likeness (QED) is 0.609. The Hall–Kier alpha value is -2.68. The Bertz CT molecular complexity index is 1050. The fraction of sp³-hybridized carbons (Fsp3) is 0.0833. The predicted octanol–water partition coefficient (Wildman–Crippen LogP) is 3.87. The zero-order chi connectivity index (χ0) is 20.3. The van der Waals surface area contributed by atoms with Crippen molar-refractivity contribution in [2.45, 2.75) is 6.92 Å². The lowest BCUT2D eigenvalue weighted by molar-refractivity contribution is -0.111. The minimum Gasteiger partial charge on any atom is -0.267 e. The van der Waals surface area contributed by atoms with Gasteiger partial charge in [-0.25, -0.2) is 4.99 Å². The van der Waals surface area contributed by atoms with Crippen molar-refractivity contribution in [3.05, 3.63) is 91.0 Å². The van der Waals surface area contributed by atoms with Crippen LogP contribution in [0.2, 0.25) is 0 Å². The van der Waals surface area contributed by atoms with Crippen LogP contribution in [0, 0.1) is 0 Å². The van der Waals surface area contributed by atoms with Gasteiger partial charge >= 0.3 is 0 Å². The first-order chi connectivity index (χ1) is 14.2. The van der Waals surface area contributed by atoms with Gasteiger partial charge in [0.2, 0.25) is 0 Å². The lowest BCUT2D eigenvalue weighted by Crippen LogP contribution is -2.38. The van der Waals surface area contributed by atoms with Gasteiger partial charge in [0.1, 0.15) is 10.9 Å². The number of rotatable bonds is 3. The summed E-state index contributed by atoms with van der Waals surface area (Å²) in [5, 5.41) is 4.83. The molecular formula is C24H21N2OPS. The summed E-state index contributed by atoms with van der Waals surface area (Å²) in [6.07, 6.45) is 1.97. The zero-order valence-electron chi connectivity index (χ0n) is 16.3. The molecule has 0 saturated heterocycles. The first-order valence-electron chi connectivity index (χ1n) is 9.34. The molecule has 1 aliphatic rings. The van der Waals surface area contributed by atoms with Gasteiger partial charge in [-0.05, 0) is 36.0 Å². The van der Waals surface area contributed by atoms with E-state index in [2.05, 4.69) is 46.4 Å². The Morgan fingerprint density at radius 3 is 1.48 bits per heavy atom. The molecule has 3 nitrogen and oxygen atoms in total. The summed E-state index contributed by atoms with van der Waals surface area (Å²) in [6, 6.07) is 31.0. The molecule has 4 rings (SSSR count). The molecule has 0 atom stereocenters. The maximum Gasteiger partial charge on any atom is 0.282 e. The molecule has 0 aliphatic carbocycles. The maximum absolute atomic E-state index is 13.4. The summed E-state index contributed by atoms with van der Waals surface area (Å²) in [6.45, 7) is -0.699. The number of thioether (sulfide) groups is 1. The topological polar surface area (TPSA) is 41.8 Å². The standard InChI is InChI=1S/C24H21N2OPS/c1-18-25-23(27)22(24(26-18)29-2)28(19-12-6-3-7-13-19,20-14-8-4-9-15-20)21-16-10-5-11-17-21/h3-17H,1-2H3. The van der Waals surface area contributed by atoms with Crippen molar-refractivity contribution in [3.63, 3.8) is 0 Å². The summed E-state index contributed by atoms with van der Waals surface area (Å²) in [7, 11) is 0. The van der Waals surface area contributed by atoms with Crippen LogP contribution in [0.5, 0.6) is 0 Å². The van der Waals surface area contributed by atoms with Gasteiger partial charge in [0.25, 0.3) is 5.91 Å². The van der Waals surface area contributed by atoms with E-state index in [1.165, 1.54) is 11.8 Å². The number of amidine groups is 1. The summed E-state index contributed by atoms with van der Waals surface area (Å²) in [4.78, 5) is 22.4. The number of amides is 1. The van der Waals surface area contributed by atoms with Crippen LogP contribution in [0.4, 0.5) is 0 Å². The van der Waals surface area contributed by atoms with Crippen LogP contribution in [0.3, 0.4) is 0 Å². The Balaban J connectivity index is 2.28. The number of benzene rings is 3. The van der Waals surface area contributed by atoms with E-state index < -0.39 is 6.89 Å². The van der Waals surface area contributed by atoms with Crippen LogP contribution in [-0.4, -0.2) is 28.3 Å². The molecule has 0 radical (unpaired) electrons. The molecule has 3 aromatic carbocycles. The summed E-state index contributed by atoms with van der Waals surface area (Å²) in [5.74, 6) is 0.321. The Labute approximate surface area is 175 Å². The summed E-state index contributed by atoms with van der Waals surface area (Å²) < 4.78 is 0. The summed E-state index contributed by atoms with van der Waals surface area (Å²) >= 11 is 1.51. The van der Waals surface area contributed by atoms with Gasteiger partial charge in [0, 0.05) is 0 Å². The Morgan fingerprint density at radius 2 is 1.10 bits per heavy atom. The highest BCUT2D eigenvalue weighted by Gasteiger charge is 2.36. The molecule has 1 heterocycles. The van der Waals surface area contributed by atoms with E-state index in [0.717, 1.165) is 21.0 Å². The average molecular weight is 416 g/mol. The fourth-order valence-electron chi connectivity index (χ4n) is 3.73. The van der Waals surface area contributed by atoms with Gasteiger partial charge in [-0.3, -0.25) is 4.79 Å². The molecule has 144 valence electrons. The molecule has 0 N–H and O–H groups in total.